The molecular formula is C18H20N4O4. The number of carbonyl (C=O) groups is 1. The number of hydrogen-bond donors (Lipinski definition) is 1. The number of rotatable bonds is 4. The third-order valence-electron chi connectivity index (χ3n) is 4.84. The summed E-state index contributed by atoms with van der Waals surface area (Å²) in [6, 6.07) is 3.18. The molecule has 26 heavy (non-hydrogen) atoms. The molecule has 1 aliphatic carbocycles. The highest BCUT2D eigenvalue weighted by Gasteiger charge is 2.38. The number of allylic oxidation sites excluding steroid dienone is 2. The molecule has 1 aromatic heterocycles. The van der Waals surface area contributed by atoms with Crippen LogP contribution in [0.15, 0.2) is 29.7 Å². The van der Waals surface area contributed by atoms with Crippen molar-refractivity contribution in [2.75, 3.05) is 26.6 Å². The fraction of sp³-hybridized carbons (Fsp3) is 0.389. The Morgan fingerprint density at radius 1 is 1.08 bits per heavy atom. The third-order valence-corrected chi connectivity index (χ3v) is 4.84. The molecule has 0 fully saturated rings. The summed E-state index contributed by atoms with van der Waals surface area (Å²) in [6.07, 6.45) is 3.64. The van der Waals surface area contributed by atoms with Gasteiger partial charge in [-0.1, -0.05) is 0 Å². The Balaban J connectivity index is 1.96. The number of benzene rings is 1. The highest BCUT2D eigenvalue weighted by molar-refractivity contribution is 5.99. The van der Waals surface area contributed by atoms with Gasteiger partial charge in [0.2, 0.25) is 5.95 Å². The Labute approximate surface area is 150 Å². The van der Waals surface area contributed by atoms with E-state index in [0.29, 0.717) is 35.2 Å². The van der Waals surface area contributed by atoms with Gasteiger partial charge in [-0.15, -0.1) is 0 Å². The Morgan fingerprint density at radius 3 is 2.54 bits per heavy atom. The summed E-state index contributed by atoms with van der Waals surface area (Å²) < 4.78 is 18.1. The van der Waals surface area contributed by atoms with E-state index in [-0.39, 0.29) is 5.78 Å². The average molecular weight is 356 g/mol. The first-order valence-corrected chi connectivity index (χ1v) is 8.40. The molecule has 4 rings (SSSR count). The third kappa shape index (κ3) is 2.40. The predicted molar refractivity (Wildman–Crippen MR) is 93.8 cm³/mol. The molecule has 0 radical (unpaired) electrons. The van der Waals surface area contributed by atoms with E-state index in [1.807, 2.05) is 6.07 Å². The molecule has 2 heterocycles. The van der Waals surface area contributed by atoms with Gasteiger partial charge in [-0.2, -0.15) is 10.1 Å². The lowest BCUT2D eigenvalue weighted by Gasteiger charge is -2.33. The van der Waals surface area contributed by atoms with Crippen LogP contribution in [0.3, 0.4) is 0 Å². The van der Waals surface area contributed by atoms with Gasteiger partial charge in [0.1, 0.15) is 18.1 Å². The van der Waals surface area contributed by atoms with Crippen LogP contribution >= 0.6 is 0 Å². The second-order valence-corrected chi connectivity index (χ2v) is 6.17. The van der Waals surface area contributed by atoms with Crippen LogP contribution in [-0.4, -0.2) is 41.9 Å². The second kappa shape index (κ2) is 6.36. The quantitative estimate of drug-likeness (QED) is 0.899. The van der Waals surface area contributed by atoms with Crippen LogP contribution in [0.1, 0.15) is 30.9 Å². The van der Waals surface area contributed by atoms with Crippen LogP contribution in [0.5, 0.6) is 17.2 Å². The summed E-state index contributed by atoms with van der Waals surface area (Å²) in [5.41, 5.74) is 2.39. The SMILES string of the molecule is COc1cc(OC)c(C2C3=C(CCCC3=O)Nc3ncnn32)cc1OC. The van der Waals surface area contributed by atoms with Crippen LogP contribution in [-0.2, 0) is 4.79 Å². The largest absolute Gasteiger partial charge is 0.496 e. The number of fused-ring (bicyclic) bond motifs is 1. The van der Waals surface area contributed by atoms with Crippen LogP contribution < -0.4 is 19.5 Å². The molecule has 0 amide bonds. The number of anilines is 1. The first kappa shape index (κ1) is 16.4. The average Bonchev–Trinajstić information content (AvgIpc) is 3.13. The smallest absolute Gasteiger partial charge is 0.226 e. The molecule has 0 saturated heterocycles. The monoisotopic (exact) mass is 356 g/mol. The first-order valence-electron chi connectivity index (χ1n) is 8.40. The second-order valence-electron chi connectivity index (χ2n) is 6.17. The van der Waals surface area contributed by atoms with Crippen molar-refractivity contribution in [2.24, 2.45) is 0 Å². The fourth-order valence-corrected chi connectivity index (χ4v) is 3.65. The maximum Gasteiger partial charge on any atom is 0.226 e. The van der Waals surface area contributed by atoms with Crippen molar-refractivity contribution in [3.63, 3.8) is 0 Å². The Hall–Kier alpha value is -3.03. The van der Waals surface area contributed by atoms with Crippen molar-refractivity contribution in [3.05, 3.63) is 35.3 Å². The van der Waals surface area contributed by atoms with E-state index in [9.17, 15) is 4.79 Å². The lowest BCUT2D eigenvalue weighted by molar-refractivity contribution is -0.116. The van der Waals surface area contributed by atoms with Gasteiger partial charge in [-0.05, 0) is 18.9 Å². The van der Waals surface area contributed by atoms with Gasteiger partial charge in [0.25, 0.3) is 0 Å². The zero-order valence-electron chi connectivity index (χ0n) is 14.9. The molecule has 2 aliphatic rings. The number of carbonyl (C=O) groups excluding carboxylic acids is 1. The van der Waals surface area contributed by atoms with Crippen molar-refractivity contribution in [3.8, 4) is 17.2 Å². The molecule has 1 unspecified atom stereocenters. The highest BCUT2D eigenvalue weighted by Crippen LogP contribution is 2.45. The van der Waals surface area contributed by atoms with Crippen molar-refractivity contribution < 1.29 is 19.0 Å². The van der Waals surface area contributed by atoms with Crippen molar-refractivity contribution >= 4 is 11.7 Å². The fourth-order valence-electron chi connectivity index (χ4n) is 3.65. The van der Waals surface area contributed by atoms with Crippen molar-refractivity contribution in [1.82, 2.24) is 14.8 Å². The molecule has 0 spiro atoms. The number of ether oxygens (including phenoxy) is 3. The molecule has 0 bridgehead atoms. The summed E-state index contributed by atoms with van der Waals surface area (Å²) in [5, 5.41) is 7.59. The number of methoxy groups -OCH3 is 3. The molecule has 1 aliphatic heterocycles. The van der Waals surface area contributed by atoms with Crippen LogP contribution in [0, 0.1) is 0 Å². The highest BCUT2D eigenvalue weighted by atomic mass is 16.5. The maximum atomic E-state index is 12.8. The van der Waals surface area contributed by atoms with E-state index in [1.54, 1.807) is 32.1 Å². The Kier molecular flexibility index (Phi) is 4.02. The van der Waals surface area contributed by atoms with Crippen LogP contribution in [0.4, 0.5) is 5.95 Å². The van der Waals surface area contributed by atoms with Gasteiger partial charge in [0.05, 0.1) is 21.3 Å². The summed E-state index contributed by atoms with van der Waals surface area (Å²) in [7, 11) is 4.74. The summed E-state index contributed by atoms with van der Waals surface area (Å²) >= 11 is 0. The number of ketones is 1. The molecule has 136 valence electrons. The van der Waals surface area contributed by atoms with Gasteiger partial charge in [0.15, 0.2) is 17.3 Å². The molecular weight excluding hydrogens is 336 g/mol. The van der Waals surface area contributed by atoms with E-state index in [0.717, 1.165) is 24.1 Å². The predicted octanol–water partition coefficient (Wildman–Crippen LogP) is 2.33. The molecule has 0 saturated carbocycles. The van der Waals surface area contributed by atoms with E-state index >= 15 is 0 Å². The minimum Gasteiger partial charge on any atom is -0.496 e. The van der Waals surface area contributed by atoms with Gasteiger partial charge in [-0.25, -0.2) is 4.68 Å². The summed E-state index contributed by atoms with van der Waals surface area (Å²) in [4.78, 5) is 17.0. The Morgan fingerprint density at radius 2 is 1.81 bits per heavy atom. The topological polar surface area (TPSA) is 87.5 Å². The number of hydrogen-bond acceptors (Lipinski definition) is 7. The molecule has 2 aromatic rings. The number of aromatic nitrogens is 3. The van der Waals surface area contributed by atoms with Gasteiger partial charge >= 0.3 is 0 Å². The van der Waals surface area contributed by atoms with Crippen LogP contribution in [0.25, 0.3) is 0 Å². The number of nitrogens with zero attached hydrogens (tertiary/aromatic N) is 3. The molecule has 8 heteroatoms. The zero-order chi connectivity index (χ0) is 18.3. The molecule has 8 nitrogen and oxygen atoms in total. The lowest BCUT2D eigenvalue weighted by Crippen LogP contribution is -2.31. The van der Waals surface area contributed by atoms with E-state index in [4.69, 9.17) is 14.2 Å². The normalized spacial score (nSPS) is 18.7. The Bertz CT molecular complexity index is 903. The van der Waals surface area contributed by atoms with E-state index in [2.05, 4.69) is 15.4 Å². The minimum absolute atomic E-state index is 0.113. The lowest BCUT2D eigenvalue weighted by atomic mass is 9.85. The first-order chi connectivity index (χ1) is 12.7. The van der Waals surface area contributed by atoms with Crippen LogP contribution in [0.2, 0.25) is 0 Å². The van der Waals surface area contributed by atoms with Crippen molar-refractivity contribution in [1.29, 1.82) is 0 Å². The molecule has 1 N–H and O–H groups in total. The molecule has 1 atom stereocenters. The maximum absolute atomic E-state index is 12.8. The standard InChI is InChI=1S/C18H20N4O4/c1-24-13-8-15(26-3)14(25-2)7-10(13)17-16-11(5-4-6-12(16)23)21-18-19-9-20-22(17)18/h7-9,17H,4-6H2,1-3H3,(H,19,20,21). The number of Topliss-reactive ketones (excluding diaryl/α,β-unsaturated/α-hetero) is 1. The molecule has 1 aromatic carbocycles. The minimum atomic E-state index is -0.425. The van der Waals surface area contributed by atoms with Gasteiger partial charge < -0.3 is 19.5 Å². The van der Waals surface area contributed by atoms with E-state index < -0.39 is 6.04 Å². The number of nitrogens with one attached hydrogen (secondary N) is 1. The summed E-state index contributed by atoms with van der Waals surface area (Å²) in [5.74, 6) is 2.45. The van der Waals surface area contributed by atoms with E-state index in [1.165, 1.54) is 6.33 Å². The van der Waals surface area contributed by atoms with Gasteiger partial charge in [0, 0.05) is 29.3 Å². The van der Waals surface area contributed by atoms with Crippen molar-refractivity contribution in [2.45, 2.75) is 25.3 Å². The zero-order valence-corrected chi connectivity index (χ0v) is 14.9. The summed E-state index contributed by atoms with van der Waals surface area (Å²) in [6.45, 7) is 0. The van der Waals surface area contributed by atoms with Gasteiger partial charge in [-0.3, -0.25) is 4.79 Å².